The standard InChI is InChI=1S/C21H17N2O.C20H26NSi.Ir/c1-13-9-10-17-16-7-4-8-18(20(16)24-21(17)23-13)19-15-6-3-2-5-14(15)11-12-22-19;1-22(2,3)20-15-21-19(17-11-5-4-6-12-17)14-18(20)13-16-9-7-8-10-16;/h4,7,9-12H,2-3,5-6H2,1H3;4-6,11,14-16H,7-10,13H2,1-3H3;/q2*-1;. The van der Waals surface area contributed by atoms with E-state index in [-0.39, 0.29) is 20.1 Å². The predicted molar refractivity (Wildman–Crippen MR) is 192 cm³/mol. The quantitative estimate of drug-likeness (QED) is 0.129. The van der Waals surface area contributed by atoms with Crippen LogP contribution in [0.4, 0.5) is 0 Å². The number of benzene rings is 2. The largest absolute Gasteiger partial charge is 0.486 e. The fourth-order valence-electron chi connectivity index (χ4n) is 7.34. The fraction of sp³-hybridized carbons (Fsp3) is 0.341. The third-order valence-electron chi connectivity index (χ3n) is 9.72. The van der Waals surface area contributed by atoms with Crippen LogP contribution >= 0.6 is 0 Å². The van der Waals surface area contributed by atoms with Gasteiger partial charge in [-0.15, -0.1) is 54.1 Å². The third kappa shape index (κ3) is 7.21. The van der Waals surface area contributed by atoms with Gasteiger partial charge < -0.3 is 14.4 Å². The van der Waals surface area contributed by atoms with Crippen LogP contribution < -0.4 is 5.19 Å². The number of nitrogens with zero attached hydrogens (tertiary/aromatic N) is 3. The molecule has 1 radical (unpaired) electrons. The molecule has 0 atom stereocenters. The number of hydrogen-bond acceptors (Lipinski definition) is 4. The fourth-order valence-corrected chi connectivity index (χ4v) is 8.92. The van der Waals surface area contributed by atoms with Gasteiger partial charge in [0.2, 0.25) is 5.71 Å². The molecule has 4 nitrogen and oxygen atoms in total. The van der Waals surface area contributed by atoms with Gasteiger partial charge in [-0.05, 0) is 79.7 Å². The summed E-state index contributed by atoms with van der Waals surface area (Å²) >= 11 is 0. The van der Waals surface area contributed by atoms with Crippen LogP contribution in [-0.4, -0.2) is 23.0 Å². The molecular weight excluding hydrogens is 771 g/mol. The van der Waals surface area contributed by atoms with E-state index in [1.54, 1.807) is 10.8 Å². The number of fused-ring (bicyclic) bond motifs is 4. The van der Waals surface area contributed by atoms with E-state index < -0.39 is 8.07 Å². The van der Waals surface area contributed by atoms with Crippen LogP contribution in [0.3, 0.4) is 0 Å². The smallest absolute Gasteiger partial charge is 0.216 e. The summed E-state index contributed by atoms with van der Waals surface area (Å²) in [6.07, 6.45) is 15.7. The molecule has 0 N–H and O–H groups in total. The minimum Gasteiger partial charge on any atom is -0.486 e. The Hall–Kier alpha value is -3.44. The average Bonchev–Trinajstić information content (AvgIpc) is 3.72. The van der Waals surface area contributed by atoms with Gasteiger partial charge >= 0.3 is 0 Å². The number of hydrogen-bond donors (Lipinski definition) is 0. The second-order valence-corrected chi connectivity index (χ2v) is 19.2. The van der Waals surface area contributed by atoms with Crippen LogP contribution in [0, 0.1) is 25.0 Å². The summed E-state index contributed by atoms with van der Waals surface area (Å²) in [4.78, 5) is 14.0. The van der Waals surface area contributed by atoms with E-state index in [4.69, 9.17) is 9.40 Å². The molecule has 4 heterocycles. The molecule has 8 rings (SSSR count). The molecule has 0 saturated heterocycles. The number of pyridine rings is 3. The van der Waals surface area contributed by atoms with Crippen molar-refractivity contribution in [2.24, 2.45) is 5.92 Å². The zero-order valence-corrected chi connectivity index (χ0v) is 31.3. The van der Waals surface area contributed by atoms with Crippen molar-refractivity contribution >= 4 is 35.3 Å². The molecule has 6 aromatic rings. The van der Waals surface area contributed by atoms with E-state index in [1.807, 2.05) is 37.4 Å². The second-order valence-electron chi connectivity index (χ2n) is 14.1. The Labute approximate surface area is 293 Å². The van der Waals surface area contributed by atoms with Gasteiger partial charge in [0.25, 0.3) is 0 Å². The summed E-state index contributed by atoms with van der Waals surface area (Å²) in [5.74, 6) is 0.880. The maximum atomic E-state index is 6.13. The first-order valence-corrected chi connectivity index (χ1v) is 20.5. The molecule has 0 unspecified atom stereocenters. The molecule has 0 bridgehead atoms. The van der Waals surface area contributed by atoms with Crippen LogP contribution in [0.25, 0.3) is 44.6 Å². The molecule has 243 valence electrons. The van der Waals surface area contributed by atoms with Gasteiger partial charge in [0.05, 0.1) is 13.7 Å². The van der Waals surface area contributed by atoms with Gasteiger partial charge in [-0.1, -0.05) is 79.0 Å². The van der Waals surface area contributed by atoms with Crippen molar-refractivity contribution in [1.82, 2.24) is 15.0 Å². The molecule has 2 aliphatic rings. The summed E-state index contributed by atoms with van der Waals surface area (Å²) in [6, 6.07) is 27.5. The summed E-state index contributed by atoms with van der Waals surface area (Å²) in [7, 11) is -1.35. The molecule has 1 saturated carbocycles. The van der Waals surface area contributed by atoms with Gasteiger partial charge in [0.15, 0.2) is 0 Å². The Balaban J connectivity index is 0.000000162. The Bertz CT molecular complexity index is 1990. The van der Waals surface area contributed by atoms with Gasteiger partial charge in [0.1, 0.15) is 0 Å². The van der Waals surface area contributed by atoms with E-state index >= 15 is 0 Å². The van der Waals surface area contributed by atoms with Crippen LogP contribution in [-0.2, 0) is 39.4 Å². The van der Waals surface area contributed by atoms with Crippen molar-refractivity contribution in [1.29, 1.82) is 0 Å². The Morgan fingerprint density at radius 2 is 1.70 bits per heavy atom. The number of furan rings is 1. The van der Waals surface area contributed by atoms with Gasteiger partial charge in [0, 0.05) is 43.6 Å². The molecule has 2 aromatic carbocycles. The normalized spacial score (nSPS) is 14.8. The zero-order chi connectivity index (χ0) is 31.7. The van der Waals surface area contributed by atoms with Gasteiger partial charge in [-0.25, -0.2) is 4.98 Å². The van der Waals surface area contributed by atoms with Crippen molar-refractivity contribution in [2.45, 2.75) is 84.4 Å². The first kappa shape index (κ1) is 33.5. The first-order chi connectivity index (χ1) is 22.3. The second kappa shape index (κ2) is 14.4. The van der Waals surface area contributed by atoms with Crippen molar-refractivity contribution in [3.8, 4) is 22.5 Å². The maximum absolute atomic E-state index is 6.13. The van der Waals surface area contributed by atoms with Crippen LogP contribution in [0.15, 0.2) is 77.5 Å². The monoisotopic (exact) mass is 814 g/mol. The van der Waals surface area contributed by atoms with E-state index in [0.717, 1.165) is 63.3 Å². The van der Waals surface area contributed by atoms with Crippen molar-refractivity contribution < 1.29 is 24.5 Å². The number of rotatable bonds is 5. The molecule has 2 aliphatic carbocycles. The third-order valence-corrected chi connectivity index (χ3v) is 11.8. The maximum Gasteiger partial charge on any atom is 0.216 e. The van der Waals surface area contributed by atoms with Crippen molar-refractivity contribution in [2.75, 3.05) is 0 Å². The topological polar surface area (TPSA) is 51.8 Å². The molecular formula is C41H43IrN3OSi-2. The molecule has 4 aromatic heterocycles. The molecule has 1 fully saturated rings. The molecule has 47 heavy (non-hydrogen) atoms. The number of aromatic nitrogens is 3. The van der Waals surface area contributed by atoms with Crippen molar-refractivity contribution in [3.05, 3.63) is 108 Å². The first-order valence-electron chi connectivity index (χ1n) is 17.0. The Morgan fingerprint density at radius 3 is 2.49 bits per heavy atom. The Kier molecular flexibility index (Phi) is 10.2. The molecule has 0 spiro atoms. The minimum absolute atomic E-state index is 0. The molecule has 0 amide bonds. The average molecular weight is 814 g/mol. The van der Waals surface area contributed by atoms with E-state index in [2.05, 4.69) is 84.3 Å². The van der Waals surface area contributed by atoms with Crippen LogP contribution in [0.1, 0.15) is 60.9 Å². The van der Waals surface area contributed by atoms with Crippen molar-refractivity contribution in [3.63, 3.8) is 0 Å². The van der Waals surface area contributed by atoms with Gasteiger partial charge in [-0.2, -0.15) is 0 Å². The summed E-state index contributed by atoms with van der Waals surface area (Å²) in [6.45, 7) is 9.26. The Morgan fingerprint density at radius 1 is 0.872 bits per heavy atom. The van der Waals surface area contributed by atoms with Gasteiger partial charge in [-0.3, -0.25) is 0 Å². The SMILES string of the molecule is C[Si](C)(C)c1cnc(-c2[c-]cccc2)cc1CC1CCCC1.Cc1ccc2c(n1)oc1c(-c3nccc4c3CCCC4)[c-]ccc12.[Ir]. The van der Waals surface area contributed by atoms with E-state index in [1.165, 1.54) is 56.1 Å². The van der Waals surface area contributed by atoms with Crippen LogP contribution in [0.2, 0.25) is 19.6 Å². The predicted octanol–water partition coefficient (Wildman–Crippen LogP) is 9.85. The summed E-state index contributed by atoms with van der Waals surface area (Å²) in [5.41, 5.74) is 11.0. The number of aryl methyl sites for hydroxylation is 2. The zero-order valence-electron chi connectivity index (χ0n) is 28.0. The molecule has 0 aliphatic heterocycles. The molecule has 6 heteroatoms. The summed E-state index contributed by atoms with van der Waals surface area (Å²) in [5, 5.41) is 3.68. The minimum atomic E-state index is -1.35. The van der Waals surface area contributed by atoms with E-state index in [9.17, 15) is 0 Å². The summed E-state index contributed by atoms with van der Waals surface area (Å²) < 4.78 is 6.13. The van der Waals surface area contributed by atoms with E-state index in [0.29, 0.717) is 5.71 Å². The van der Waals surface area contributed by atoms with Crippen LogP contribution in [0.5, 0.6) is 0 Å².